The molecule has 0 spiro atoms. The van der Waals surface area contributed by atoms with Gasteiger partial charge in [-0.15, -0.1) is 0 Å². The average molecular weight is 381 g/mol. The second kappa shape index (κ2) is 6.96. The summed E-state index contributed by atoms with van der Waals surface area (Å²) in [6.07, 6.45) is 1.73. The van der Waals surface area contributed by atoms with Crippen LogP contribution in [-0.4, -0.2) is 25.2 Å². The number of aromatic nitrogens is 4. The van der Waals surface area contributed by atoms with Gasteiger partial charge in [0.2, 0.25) is 5.95 Å². The first-order chi connectivity index (χ1) is 13.4. The number of hydrogen-bond acceptors (Lipinski definition) is 4. The molecule has 1 aliphatic rings. The van der Waals surface area contributed by atoms with Crippen LogP contribution in [0.1, 0.15) is 32.3 Å². The van der Waals surface area contributed by atoms with Gasteiger partial charge in [0.25, 0.3) is 5.56 Å². The molecule has 3 heterocycles. The summed E-state index contributed by atoms with van der Waals surface area (Å²) in [4.78, 5) is 32.9. The van der Waals surface area contributed by atoms with Crippen molar-refractivity contribution in [1.29, 1.82) is 0 Å². The van der Waals surface area contributed by atoms with Crippen molar-refractivity contribution in [2.45, 2.75) is 46.7 Å². The monoisotopic (exact) mass is 381 g/mol. The Balaban J connectivity index is 1.98. The predicted octanol–water partition coefficient (Wildman–Crippen LogP) is 2.79. The summed E-state index contributed by atoms with van der Waals surface area (Å²) in [6.45, 7) is 8.27. The van der Waals surface area contributed by atoms with E-state index in [1.54, 1.807) is 7.05 Å². The SMILES string of the molecule is CCCCn1c(=O)c2c(nc3n2C[C@@H](C)CN3c2cccc(C)c2)n(C)c1=O. The number of aryl methyl sites for hydroxylation is 2. The Hall–Kier alpha value is -2.83. The van der Waals surface area contributed by atoms with Gasteiger partial charge in [-0.3, -0.25) is 13.9 Å². The Morgan fingerprint density at radius 2 is 2.00 bits per heavy atom. The van der Waals surface area contributed by atoms with E-state index in [0.717, 1.165) is 37.6 Å². The van der Waals surface area contributed by atoms with Crippen LogP contribution in [0, 0.1) is 12.8 Å². The van der Waals surface area contributed by atoms with Crippen LogP contribution < -0.4 is 16.1 Å². The van der Waals surface area contributed by atoms with Crippen molar-refractivity contribution in [3.8, 4) is 0 Å². The van der Waals surface area contributed by atoms with Crippen molar-refractivity contribution in [2.24, 2.45) is 13.0 Å². The molecule has 0 N–H and O–H groups in total. The summed E-state index contributed by atoms with van der Waals surface area (Å²) < 4.78 is 4.87. The standard InChI is InChI=1S/C21H27N5O2/c1-5-6-10-24-19(27)17-18(23(4)21(24)28)22-20-25(12-15(3)13-26(17)20)16-9-7-8-14(2)11-16/h7-9,11,15H,5-6,10,12-13H2,1-4H3/t15-/m0/s1. The lowest BCUT2D eigenvalue weighted by Crippen LogP contribution is -2.40. The van der Waals surface area contributed by atoms with E-state index in [1.165, 1.54) is 14.7 Å². The van der Waals surface area contributed by atoms with E-state index in [2.05, 4.69) is 43.9 Å². The fraction of sp³-hybridized carbons (Fsp3) is 0.476. The number of nitrogens with zero attached hydrogens (tertiary/aromatic N) is 5. The van der Waals surface area contributed by atoms with Crippen LogP contribution in [0.2, 0.25) is 0 Å². The van der Waals surface area contributed by atoms with Gasteiger partial charge in [-0.25, -0.2) is 4.79 Å². The van der Waals surface area contributed by atoms with Gasteiger partial charge in [-0.1, -0.05) is 32.4 Å². The van der Waals surface area contributed by atoms with Gasteiger partial charge in [0, 0.05) is 32.4 Å². The molecular weight excluding hydrogens is 354 g/mol. The zero-order valence-electron chi connectivity index (χ0n) is 17.0. The summed E-state index contributed by atoms with van der Waals surface area (Å²) in [5.41, 5.74) is 2.69. The molecule has 0 saturated carbocycles. The van der Waals surface area contributed by atoms with E-state index < -0.39 is 0 Å². The lowest BCUT2D eigenvalue weighted by molar-refractivity contribution is 0.457. The normalized spacial score (nSPS) is 16.6. The zero-order chi connectivity index (χ0) is 20.0. The zero-order valence-corrected chi connectivity index (χ0v) is 17.0. The van der Waals surface area contributed by atoms with Crippen molar-refractivity contribution in [3.63, 3.8) is 0 Å². The number of fused-ring (bicyclic) bond motifs is 3. The van der Waals surface area contributed by atoms with Gasteiger partial charge in [0.15, 0.2) is 11.2 Å². The first-order valence-corrected chi connectivity index (χ1v) is 9.96. The lowest BCUT2D eigenvalue weighted by Gasteiger charge is -2.33. The van der Waals surface area contributed by atoms with Gasteiger partial charge >= 0.3 is 5.69 Å². The number of anilines is 2. The Labute approximate surface area is 163 Å². The Morgan fingerprint density at radius 3 is 2.71 bits per heavy atom. The maximum absolute atomic E-state index is 13.2. The van der Waals surface area contributed by atoms with Gasteiger partial charge in [0.05, 0.1) is 0 Å². The molecule has 1 atom stereocenters. The van der Waals surface area contributed by atoms with E-state index >= 15 is 0 Å². The molecular formula is C21H27N5O2. The van der Waals surface area contributed by atoms with Gasteiger partial charge in [0.1, 0.15) is 0 Å². The topological polar surface area (TPSA) is 65.1 Å². The van der Waals surface area contributed by atoms with E-state index in [4.69, 9.17) is 4.98 Å². The average Bonchev–Trinajstić information content (AvgIpc) is 3.05. The van der Waals surface area contributed by atoms with Crippen molar-refractivity contribution < 1.29 is 0 Å². The third-order valence-corrected chi connectivity index (χ3v) is 5.49. The van der Waals surface area contributed by atoms with E-state index in [1.807, 2.05) is 10.6 Å². The summed E-state index contributed by atoms with van der Waals surface area (Å²) in [7, 11) is 1.70. The summed E-state index contributed by atoms with van der Waals surface area (Å²) in [5.74, 6) is 1.09. The molecule has 0 aliphatic carbocycles. The quantitative estimate of drug-likeness (QED) is 0.697. The van der Waals surface area contributed by atoms with E-state index in [-0.39, 0.29) is 11.2 Å². The van der Waals surface area contributed by atoms with Crippen molar-refractivity contribution in [3.05, 3.63) is 50.7 Å². The largest absolute Gasteiger partial charge is 0.332 e. The van der Waals surface area contributed by atoms with Crippen LogP contribution in [0.3, 0.4) is 0 Å². The smallest absolute Gasteiger partial charge is 0.312 e. The number of benzene rings is 1. The van der Waals surface area contributed by atoms with Crippen LogP contribution in [0.5, 0.6) is 0 Å². The summed E-state index contributed by atoms with van der Waals surface area (Å²) in [6, 6.07) is 8.29. The molecule has 28 heavy (non-hydrogen) atoms. The summed E-state index contributed by atoms with van der Waals surface area (Å²) in [5, 5.41) is 0. The predicted molar refractivity (Wildman–Crippen MR) is 111 cm³/mol. The molecule has 7 nitrogen and oxygen atoms in total. The summed E-state index contributed by atoms with van der Waals surface area (Å²) >= 11 is 0. The minimum absolute atomic E-state index is 0.233. The first-order valence-electron chi connectivity index (χ1n) is 9.96. The van der Waals surface area contributed by atoms with Crippen molar-refractivity contribution >= 4 is 22.8 Å². The van der Waals surface area contributed by atoms with E-state index in [0.29, 0.717) is 23.6 Å². The maximum atomic E-state index is 13.2. The highest BCUT2D eigenvalue weighted by Crippen LogP contribution is 2.33. The first kappa shape index (κ1) is 18.5. The molecule has 0 unspecified atom stereocenters. The molecule has 0 bridgehead atoms. The molecule has 148 valence electrons. The van der Waals surface area contributed by atoms with Crippen LogP contribution in [-0.2, 0) is 20.1 Å². The number of rotatable bonds is 4. The van der Waals surface area contributed by atoms with Gasteiger partial charge in [-0.05, 0) is 37.0 Å². The van der Waals surface area contributed by atoms with Crippen molar-refractivity contribution in [1.82, 2.24) is 18.7 Å². The van der Waals surface area contributed by atoms with E-state index in [9.17, 15) is 9.59 Å². The number of hydrogen-bond donors (Lipinski definition) is 0. The van der Waals surface area contributed by atoms with Gasteiger partial charge in [-0.2, -0.15) is 4.98 Å². The third kappa shape index (κ3) is 2.85. The Kier molecular flexibility index (Phi) is 4.61. The minimum Gasteiger partial charge on any atom is -0.312 e. The molecule has 1 aromatic carbocycles. The highest BCUT2D eigenvalue weighted by Gasteiger charge is 2.29. The van der Waals surface area contributed by atoms with Crippen molar-refractivity contribution in [2.75, 3.05) is 11.4 Å². The molecule has 0 radical (unpaired) electrons. The lowest BCUT2D eigenvalue weighted by atomic mass is 10.1. The van der Waals surface area contributed by atoms with Crippen LogP contribution in [0.15, 0.2) is 33.9 Å². The van der Waals surface area contributed by atoms with Crippen LogP contribution in [0.4, 0.5) is 11.6 Å². The van der Waals surface area contributed by atoms with Crippen LogP contribution >= 0.6 is 0 Å². The number of unbranched alkanes of at least 4 members (excludes halogenated alkanes) is 1. The highest BCUT2D eigenvalue weighted by molar-refractivity contribution is 5.77. The Morgan fingerprint density at radius 1 is 1.21 bits per heavy atom. The third-order valence-electron chi connectivity index (χ3n) is 5.49. The maximum Gasteiger partial charge on any atom is 0.332 e. The molecule has 0 amide bonds. The fourth-order valence-electron chi connectivity index (χ4n) is 4.03. The molecule has 7 heteroatoms. The molecule has 4 rings (SSSR count). The second-order valence-corrected chi connectivity index (χ2v) is 7.90. The molecule has 0 fully saturated rings. The highest BCUT2D eigenvalue weighted by atomic mass is 16.2. The minimum atomic E-state index is -0.295. The molecule has 3 aromatic rings. The fourth-order valence-corrected chi connectivity index (χ4v) is 4.03. The molecule has 2 aromatic heterocycles. The molecule has 1 aliphatic heterocycles. The van der Waals surface area contributed by atoms with Gasteiger partial charge < -0.3 is 9.47 Å². The van der Waals surface area contributed by atoms with Crippen LogP contribution in [0.25, 0.3) is 11.2 Å². The molecule has 0 saturated heterocycles. The second-order valence-electron chi connectivity index (χ2n) is 7.90. The number of imidazole rings is 1. The Bertz CT molecular complexity index is 1150.